The molecular weight excluding hydrogens is 182 g/mol. The van der Waals surface area contributed by atoms with Crippen molar-refractivity contribution in [1.82, 2.24) is 14.5 Å². The van der Waals surface area contributed by atoms with Crippen LogP contribution >= 0.6 is 11.8 Å². The molecule has 4 heteroatoms. The van der Waals surface area contributed by atoms with E-state index in [4.69, 9.17) is 0 Å². The van der Waals surface area contributed by atoms with Crippen molar-refractivity contribution in [2.45, 2.75) is 5.75 Å². The van der Waals surface area contributed by atoms with Gasteiger partial charge in [0.05, 0.1) is 0 Å². The van der Waals surface area contributed by atoms with Crippen molar-refractivity contribution in [2.24, 2.45) is 0 Å². The summed E-state index contributed by atoms with van der Waals surface area (Å²) in [5.41, 5.74) is 2.30. The van der Waals surface area contributed by atoms with E-state index in [1.807, 2.05) is 6.20 Å². The molecule has 0 unspecified atom stereocenters. The smallest absolute Gasteiger partial charge is 0.147 e. The Morgan fingerprint density at radius 3 is 3.46 bits per heavy atom. The maximum Gasteiger partial charge on any atom is 0.147 e. The summed E-state index contributed by atoms with van der Waals surface area (Å²) in [7, 11) is 0. The summed E-state index contributed by atoms with van der Waals surface area (Å²) in [5, 5.41) is 3.21. The normalized spacial score (nSPS) is 14.8. The second-order valence-electron chi connectivity index (χ2n) is 2.90. The minimum Gasteiger partial charge on any atom is -0.304 e. The van der Waals surface area contributed by atoms with Crippen LogP contribution < -0.4 is 0 Å². The summed E-state index contributed by atoms with van der Waals surface area (Å²) in [6.45, 7) is 0. The second kappa shape index (κ2) is 2.60. The zero-order valence-corrected chi connectivity index (χ0v) is 7.66. The number of hydrogen-bond acceptors (Lipinski definition) is 3. The summed E-state index contributed by atoms with van der Waals surface area (Å²) < 4.78 is 2.12. The van der Waals surface area contributed by atoms with Crippen LogP contribution in [0.15, 0.2) is 24.0 Å². The van der Waals surface area contributed by atoms with Gasteiger partial charge in [0.15, 0.2) is 0 Å². The van der Waals surface area contributed by atoms with Gasteiger partial charge in [0.1, 0.15) is 12.0 Å². The van der Waals surface area contributed by atoms with Crippen molar-refractivity contribution in [2.75, 3.05) is 0 Å². The van der Waals surface area contributed by atoms with E-state index in [2.05, 4.69) is 32.2 Å². The van der Waals surface area contributed by atoms with E-state index in [0.29, 0.717) is 0 Å². The van der Waals surface area contributed by atoms with Crippen LogP contribution in [0.2, 0.25) is 0 Å². The van der Waals surface area contributed by atoms with Crippen molar-refractivity contribution < 1.29 is 0 Å². The van der Waals surface area contributed by atoms with Gasteiger partial charge < -0.3 is 4.57 Å². The van der Waals surface area contributed by atoms with Crippen molar-refractivity contribution in [3.8, 4) is 0 Å². The van der Waals surface area contributed by atoms with Crippen molar-refractivity contribution >= 4 is 29.0 Å². The summed E-state index contributed by atoms with van der Waals surface area (Å²) in [6, 6.07) is 2.14. The first kappa shape index (κ1) is 7.15. The summed E-state index contributed by atoms with van der Waals surface area (Å²) >= 11 is 1.80. The van der Waals surface area contributed by atoms with Gasteiger partial charge in [-0.3, -0.25) is 0 Å². The Bertz CT molecular complexity index is 487. The van der Waals surface area contributed by atoms with Crippen molar-refractivity contribution in [3.63, 3.8) is 0 Å². The molecule has 0 saturated carbocycles. The fourth-order valence-electron chi connectivity index (χ4n) is 1.54. The van der Waals surface area contributed by atoms with E-state index in [9.17, 15) is 0 Å². The average Bonchev–Trinajstić information content (AvgIpc) is 2.56. The predicted molar refractivity (Wildman–Crippen MR) is 54.2 cm³/mol. The van der Waals surface area contributed by atoms with Crippen molar-refractivity contribution in [3.05, 3.63) is 29.7 Å². The Morgan fingerprint density at radius 2 is 2.46 bits per heavy atom. The van der Waals surface area contributed by atoms with Gasteiger partial charge in [0.25, 0.3) is 0 Å². The first-order valence-electron chi connectivity index (χ1n) is 4.03. The van der Waals surface area contributed by atoms with Crippen LogP contribution in [-0.4, -0.2) is 14.5 Å². The highest BCUT2D eigenvalue weighted by Crippen LogP contribution is 2.25. The number of nitrogens with zero attached hydrogens (tertiary/aromatic N) is 3. The van der Waals surface area contributed by atoms with Gasteiger partial charge in [-0.25, -0.2) is 9.97 Å². The van der Waals surface area contributed by atoms with Crippen molar-refractivity contribution in [1.29, 1.82) is 0 Å². The average molecular weight is 189 g/mol. The maximum atomic E-state index is 4.25. The molecule has 13 heavy (non-hydrogen) atoms. The quantitative estimate of drug-likeness (QED) is 0.636. The molecule has 0 aromatic carbocycles. The number of rotatable bonds is 0. The third kappa shape index (κ3) is 0.986. The third-order valence-electron chi connectivity index (χ3n) is 2.12. The Balaban J connectivity index is 2.42. The molecular formula is C9H7N3S. The molecule has 0 saturated heterocycles. The predicted octanol–water partition coefficient (Wildman–Crippen LogP) is 2.11. The fraction of sp³-hybridized carbons (Fsp3) is 0.111. The molecule has 64 valence electrons. The maximum absolute atomic E-state index is 4.25. The van der Waals surface area contributed by atoms with Gasteiger partial charge in [0, 0.05) is 29.2 Å². The fourth-order valence-corrected chi connectivity index (χ4v) is 2.23. The van der Waals surface area contributed by atoms with Crippen LogP contribution in [-0.2, 0) is 5.75 Å². The molecule has 0 spiro atoms. The van der Waals surface area contributed by atoms with Crippen LogP contribution in [0, 0.1) is 0 Å². The lowest BCUT2D eigenvalue weighted by atomic mass is 10.4. The zero-order valence-electron chi connectivity index (χ0n) is 6.84. The Kier molecular flexibility index (Phi) is 1.43. The highest BCUT2D eigenvalue weighted by Gasteiger charge is 2.09. The molecule has 2 aromatic rings. The number of thioether (sulfide) groups is 1. The van der Waals surface area contributed by atoms with Gasteiger partial charge >= 0.3 is 0 Å². The standard InChI is InChI=1S/C9H7N3S/c1-2-13-5-8-3-7-4-10-6-11-9(7)12(1)8/h1-4,6H,5H2. The molecule has 0 radical (unpaired) electrons. The zero-order chi connectivity index (χ0) is 8.67. The largest absolute Gasteiger partial charge is 0.304 e. The SMILES string of the molecule is C1=Cn2c(cc3cncnc32)CS1. The molecule has 3 nitrogen and oxygen atoms in total. The Hall–Kier alpha value is -1.29. The van der Waals surface area contributed by atoms with E-state index in [0.717, 1.165) is 16.8 Å². The summed E-state index contributed by atoms with van der Waals surface area (Å²) in [6.07, 6.45) is 5.50. The molecule has 1 aliphatic rings. The molecule has 0 atom stereocenters. The molecule has 3 rings (SSSR count). The van der Waals surface area contributed by atoms with Gasteiger partial charge in [0.2, 0.25) is 0 Å². The highest BCUT2D eigenvalue weighted by molar-refractivity contribution is 8.01. The van der Waals surface area contributed by atoms with E-state index in [-0.39, 0.29) is 0 Å². The topological polar surface area (TPSA) is 30.7 Å². The molecule has 3 heterocycles. The Morgan fingerprint density at radius 1 is 1.46 bits per heavy atom. The number of hydrogen-bond donors (Lipinski definition) is 0. The molecule has 0 aliphatic carbocycles. The molecule has 0 fully saturated rings. The molecule has 1 aliphatic heterocycles. The van der Waals surface area contributed by atoms with E-state index in [1.165, 1.54) is 5.69 Å². The van der Waals surface area contributed by atoms with Crippen LogP contribution in [0.1, 0.15) is 5.69 Å². The lowest BCUT2D eigenvalue weighted by Gasteiger charge is -2.07. The van der Waals surface area contributed by atoms with Crippen LogP contribution in [0.5, 0.6) is 0 Å². The van der Waals surface area contributed by atoms with Crippen LogP contribution in [0.25, 0.3) is 17.2 Å². The third-order valence-corrected chi connectivity index (χ3v) is 2.89. The summed E-state index contributed by atoms with van der Waals surface area (Å²) in [5.74, 6) is 1.02. The van der Waals surface area contributed by atoms with E-state index >= 15 is 0 Å². The Labute approximate surface area is 79.5 Å². The minimum atomic E-state index is 1.00. The number of fused-ring (bicyclic) bond motifs is 3. The summed E-state index contributed by atoms with van der Waals surface area (Å²) in [4.78, 5) is 8.25. The van der Waals surface area contributed by atoms with Gasteiger partial charge in [-0.15, -0.1) is 11.8 Å². The molecule has 2 aromatic heterocycles. The van der Waals surface area contributed by atoms with Gasteiger partial charge in [-0.1, -0.05) is 0 Å². The highest BCUT2D eigenvalue weighted by atomic mass is 32.2. The lowest BCUT2D eigenvalue weighted by Crippen LogP contribution is -1.96. The molecule has 0 bridgehead atoms. The monoisotopic (exact) mass is 189 g/mol. The molecule has 0 amide bonds. The minimum absolute atomic E-state index is 1.00. The molecule has 0 N–H and O–H groups in total. The van der Waals surface area contributed by atoms with E-state index in [1.54, 1.807) is 18.1 Å². The van der Waals surface area contributed by atoms with Gasteiger partial charge in [-0.05, 0) is 11.5 Å². The van der Waals surface area contributed by atoms with Crippen LogP contribution in [0.4, 0.5) is 0 Å². The second-order valence-corrected chi connectivity index (χ2v) is 3.80. The lowest BCUT2D eigenvalue weighted by molar-refractivity contribution is 1.07. The van der Waals surface area contributed by atoms with Crippen LogP contribution in [0.3, 0.4) is 0 Å². The first-order chi connectivity index (χ1) is 6.45. The first-order valence-corrected chi connectivity index (χ1v) is 5.08. The van der Waals surface area contributed by atoms with E-state index < -0.39 is 0 Å². The van der Waals surface area contributed by atoms with Gasteiger partial charge in [-0.2, -0.15) is 0 Å². The number of aromatic nitrogens is 3.